The molecule has 25 heavy (non-hydrogen) atoms. The molecule has 1 aromatic heterocycles. The molecule has 3 rings (SSSR count). The molecule has 2 aromatic rings. The SMILES string of the molecule is COc1cc(N2CCN(C(C)=O)CC2)ccc1Nc1ncc(C)cn1. The third-order valence-corrected chi connectivity index (χ3v) is 4.30. The molecule has 0 saturated carbocycles. The Kier molecular flexibility index (Phi) is 5.02. The third kappa shape index (κ3) is 3.99. The fraction of sp³-hybridized carbons (Fsp3) is 0.389. The van der Waals surface area contributed by atoms with Crippen molar-refractivity contribution in [3.63, 3.8) is 0 Å². The van der Waals surface area contributed by atoms with Gasteiger partial charge in [-0.1, -0.05) is 0 Å². The van der Waals surface area contributed by atoms with Crippen molar-refractivity contribution in [3.8, 4) is 5.75 Å². The monoisotopic (exact) mass is 341 g/mol. The minimum absolute atomic E-state index is 0.134. The van der Waals surface area contributed by atoms with Crippen molar-refractivity contribution >= 4 is 23.2 Å². The lowest BCUT2D eigenvalue weighted by atomic mass is 10.2. The van der Waals surface area contributed by atoms with E-state index < -0.39 is 0 Å². The largest absolute Gasteiger partial charge is 0.494 e. The number of aromatic nitrogens is 2. The maximum Gasteiger partial charge on any atom is 0.227 e. The van der Waals surface area contributed by atoms with Gasteiger partial charge in [-0.2, -0.15) is 0 Å². The molecule has 1 fully saturated rings. The number of piperazine rings is 1. The van der Waals surface area contributed by atoms with Gasteiger partial charge >= 0.3 is 0 Å². The van der Waals surface area contributed by atoms with Crippen LogP contribution >= 0.6 is 0 Å². The van der Waals surface area contributed by atoms with E-state index in [1.807, 2.05) is 30.0 Å². The average molecular weight is 341 g/mol. The third-order valence-electron chi connectivity index (χ3n) is 4.30. The minimum atomic E-state index is 0.134. The Morgan fingerprint density at radius 3 is 2.44 bits per heavy atom. The van der Waals surface area contributed by atoms with Crippen molar-refractivity contribution in [2.75, 3.05) is 43.5 Å². The maximum absolute atomic E-state index is 11.4. The smallest absolute Gasteiger partial charge is 0.227 e. The molecule has 0 atom stereocenters. The number of anilines is 3. The molecule has 1 amide bonds. The molecular formula is C18H23N5O2. The first-order valence-electron chi connectivity index (χ1n) is 8.31. The molecule has 132 valence electrons. The van der Waals surface area contributed by atoms with Crippen LogP contribution in [0.2, 0.25) is 0 Å². The number of hydrogen-bond donors (Lipinski definition) is 1. The lowest BCUT2D eigenvalue weighted by Gasteiger charge is -2.35. The number of ether oxygens (including phenoxy) is 1. The van der Waals surface area contributed by atoms with E-state index in [-0.39, 0.29) is 5.91 Å². The van der Waals surface area contributed by atoms with Gasteiger partial charge in [0.2, 0.25) is 11.9 Å². The zero-order valence-electron chi connectivity index (χ0n) is 14.8. The number of hydrogen-bond acceptors (Lipinski definition) is 6. The topological polar surface area (TPSA) is 70.6 Å². The van der Waals surface area contributed by atoms with Crippen LogP contribution in [-0.2, 0) is 4.79 Å². The van der Waals surface area contributed by atoms with Crippen molar-refractivity contribution in [2.24, 2.45) is 0 Å². The summed E-state index contributed by atoms with van der Waals surface area (Å²) in [6.07, 6.45) is 3.54. The number of amides is 1. The van der Waals surface area contributed by atoms with Crippen LogP contribution < -0.4 is 15.0 Å². The van der Waals surface area contributed by atoms with E-state index in [4.69, 9.17) is 4.74 Å². The van der Waals surface area contributed by atoms with Crippen LogP contribution in [-0.4, -0.2) is 54.1 Å². The van der Waals surface area contributed by atoms with E-state index in [9.17, 15) is 4.79 Å². The summed E-state index contributed by atoms with van der Waals surface area (Å²) >= 11 is 0. The summed E-state index contributed by atoms with van der Waals surface area (Å²) in [6.45, 7) is 6.69. The summed E-state index contributed by atoms with van der Waals surface area (Å²) in [7, 11) is 1.65. The molecule has 0 aliphatic carbocycles. The highest BCUT2D eigenvalue weighted by molar-refractivity contribution is 5.74. The van der Waals surface area contributed by atoms with Gasteiger partial charge in [0, 0.05) is 57.3 Å². The number of benzene rings is 1. The summed E-state index contributed by atoms with van der Waals surface area (Å²) in [5, 5.41) is 3.18. The highest BCUT2D eigenvalue weighted by Gasteiger charge is 2.19. The summed E-state index contributed by atoms with van der Waals surface area (Å²) in [5.41, 5.74) is 2.91. The Labute approximate surface area is 147 Å². The number of rotatable bonds is 4. The molecule has 7 nitrogen and oxygen atoms in total. The number of methoxy groups -OCH3 is 1. The van der Waals surface area contributed by atoms with Gasteiger partial charge < -0.3 is 19.9 Å². The molecule has 0 spiro atoms. The maximum atomic E-state index is 11.4. The average Bonchev–Trinajstić information content (AvgIpc) is 2.64. The highest BCUT2D eigenvalue weighted by atomic mass is 16.5. The molecule has 1 aliphatic heterocycles. The van der Waals surface area contributed by atoms with Gasteiger partial charge in [-0.25, -0.2) is 9.97 Å². The quantitative estimate of drug-likeness (QED) is 0.919. The predicted molar refractivity (Wildman–Crippen MR) is 97.5 cm³/mol. The van der Waals surface area contributed by atoms with Crippen molar-refractivity contribution < 1.29 is 9.53 Å². The van der Waals surface area contributed by atoms with Crippen molar-refractivity contribution in [2.45, 2.75) is 13.8 Å². The van der Waals surface area contributed by atoms with Gasteiger partial charge in [0.25, 0.3) is 0 Å². The number of nitrogens with zero attached hydrogens (tertiary/aromatic N) is 4. The molecule has 1 aromatic carbocycles. The number of carbonyl (C=O) groups excluding carboxylic acids is 1. The van der Waals surface area contributed by atoms with Gasteiger partial charge in [-0.05, 0) is 24.6 Å². The van der Waals surface area contributed by atoms with Crippen molar-refractivity contribution in [3.05, 3.63) is 36.2 Å². The lowest BCUT2D eigenvalue weighted by molar-refractivity contribution is -0.129. The molecule has 1 aliphatic rings. The van der Waals surface area contributed by atoms with Crippen LogP contribution in [0.15, 0.2) is 30.6 Å². The van der Waals surface area contributed by atoms with E-state index in [1.165, 1.54) is 0 Å². The first-order chi connectivity index (χ1) is 12.1. The molecule has 2 heterocycles. The molecule has 0 radical (unpaired) electrons. The first kappa shape index (κ1) is 17.0. The fourth-order valence-corrected chi connectivity index (χ4v) is 2.84. The van der Waals surface area contributed by atoms with E-state index in [2.05, 4.69) is 20.2 Å². The van der Waals surface area contributed by atoms with Crippen LogP contribution in [0.5, 0.6) is 5.75 Å². The molecule has 7 heteroatoms. The van der Waals surface area contributed by atoms with Crippen LogP contribution in [0.3, 0.4) is 0 Å². The Balaban J connectivity index is 1.73. The van der Waals surface area contributed by atoms with Gasteiger partial charge in [0.15, 0.2) is 0 Å². The summed E-state index contributed by atoms with van der Waals surface area (Å²) < 4.78 is 5.52. The summed E-state index contributed by atoms with van der Waals surface area (Å²) in [4.78, 5) is 24.1. The Hall–Kier alpha value is -2.83. The predicted octanol–water partition coefficient (Wildman–Crippen LogP) is 2.21. The summed E-state index contributed by atoms with van der Waals surface area (Å²) in [6, 6.07) is 6.01. The van der Waals surface area contributed by atoms with E-state index in [1.54, 1.807) is 26.4 Å². The van der Waals surface area contributed by atoms with Crippen LogP contribution in [0.1, 0.15) is 12.5 Å². The standard InChI is InChI=1S/C18H23N5O2/c1-13-11-19-18(20-12-13)21-16-5-4-15(10-17(16)25-3)23-8-6-22(7-9-23)14(2)24/h4-5,10-12H,6-9H2,1-3H3,(H,19,20,21). The van der Waals surface area contributed by atoms with E-state index in [0.29, 0.717) is 5.95 Å². The molecule has 1 saturated heterocycles. The molecule has 1 N–H and O–H groups in total. The van der Waals surface area contributed by atoms with Gasteiger partial charge in [-0.15, -0.1) is 0 Å². The van der Waals surface area contributed by atoms with Crippen LogP contribution in [0.25, 0.3) is 0 Å². The van der Waals surface area contributed by atoms with E-state index >= 15 is 0 Å². The van der Waals surface area contributed by atoms with Crippen LogP contribution in [0.4, 0.5) is 17.3 Å². The number of nitrogens with one attached hydrogen (secondary N) is 1. The summed E-state index contributed by atoms with van der Waals surface area (Å²) in [5.74, 6) is 1.40. The van der Waals surface area contributed by atoms with Crippen molar-refractivity contribution in [1.82, 2.24) is 14.9 Å². The lowest BCUT2D eigenvalue weighted by Crippen LogP contribution is -2.48. The van der Waals surface area contributed by atoms with Crippen molar-refractivity contribution in [1.29, 1.82) is 0 Å². The number of aryl methyl sites for hydroxylation is 1. The molecular weight excluding hydrogens is 318 g/mol. The second-order valence-corrected chi connectivity index (χ2v) is 6.09. The zero-order valence-corrected chi connectivity index (χ0v) is 14.8. The minimum Gasteiger partial charge on any atom is -0.494 e. The van der Waals surface area contributed by atoms with Gasteiger partial charge in [0.1, 0.15) is 5.75 Å². The molecule has 0 unspecified atom stereocenters. The molecule has 0 bridgehead atoms. The normalized spacial score (nSPS) is 14.4. The number of carbonyl (C=O) groups is 1. The van der Waals surface area contributed by atoms with Gasteiger partial charge in [-0.3, -0.25) is 4.79 Å². The Morgan fingerprint density at radius 2 is 1.84 bits per heavy atom. The highest BCUT2D eigenvalue weighted by Crippen LogP contribution is 2.31. The van der Waals surface area contributed by atoms with Gasteiger partial charge in [0.05, 0.1) is 12.8 Å². The Morgan fingerprint density at radius 1 is 1.16 bits per heavy atom. The van der Waals surface area contributed by atoms with E-state index in [0.717, 1.165) is 48.9 Å². The first-order valence-corrected chi connectivity index (χ1v) is 8.31. The second kappa shape index (κ2) is 7.38. The second-order valence-electron chi connectivity index (χ2n) is 6.09. The fourth-order valence-electron chi connectivity index (χ4n) is 2.84. The van der Waals surface area contributed by atoms with Crippen LogP contribution in [0, 0.1) is 6.92 Å². The zero-order chi connectivity index (χ0) is 17.8. The Bertz CT molecular complexity index is 740.